The third-order valence-electron chi connectivity index (χ3n) is 2.21. The lowest BCUT2D eigenvalue weighted by Crippen LogP contribution is -2.41. The number of rotatable bonds is 6. The predicted octanol–water partition coefficient (Wildman–Crippen LogP) is 1.16. The van der Waals surface area contributed by atoms with Gasteiger partial charge in [-0.1, -0.05) is 15.9 Å². The topological polar surface area (TPSA) is 101 Å². The van der Waals surface area contributed by atoms with Crippen molar-refractivity contribution in [2.24, 2.45) is 0 Å². The number of carbonyl (C=O) groups is 2. The van der Waals surface area contributed by atoms with Crippen LogP contribution in [0.5, 0.6) is 0 Å². The molecule has 0 spiro atoms. The summed E-state index contributed by atoms with van der Waals surface area (Å²) in [4.78, 5) is 21.8. The second-order valence-electron chi connectivity index (χ2n) is 3.87. The van der Waals surface area contributed by atoms with Gasteiger partial charge in [0.1, 0.15) is 11.8 Å². The number of aliphatic carboxylic acids is 1. The van der Waals surface area contributed by atoms with E-state index in [2.05, 4.69) is 15.9 Å². The summed E-state index contributed by atoms with van der Waals surface area (Å²) in [7, 11) is -3.97. The first-order valence-corrected chi connectivity index (χ1v) is 7.50. The molecule has 1 atom stereocenters. The fourth-order valence-corrected chi connectivity index (χ4v) is 2.79. The number of benzene rings is 1. The summed E-state index contributed by atoms with van der Waals surface area (Å²) in [6.45, 7) is 1.20. The number of carboxylic acid groups (broad SMARTS) is 1. The summed E-state index contributed by atoms with van der Waals surface area (Å²) in [5.41, 5.74) is 0. The quantitative estimate of drug-likeness (QED) is 0.802. The summed E-state index contributed by atoms with van der Waals surface area (Å²) in [6, 6.07) is 4.24. The molecular formula is C11H12BrNO5S. The van der Waals surface area contributed by atoms with Crippen LogP contribution < -0.4 is 4.72 Å². The van der Waals surface area contributed by atoms with Gasteiger partial charge in [0, 0.05) is 10.9 Å². The molecule has 0 aliphatic heterocycles. The van der Waals surface area contributed by atoms with E-state index in [9.17, 15) is 18.0 Å². The molecule has 1 unspecified atom stereocenters. The Labute approximate surface area is 119 Å². The van der Waals surface area contributed by atoms with Crippen molar-refractivity contribution in [3.8, 4) is 0 Å². The Bertz CT molecular complexity index is 582. The highest BCUT2D eigenvalue weighted by molar-refractivity contribution is 9.10. The minimum absolute atomic E-state index is 0.0643. The molecule has 0 amide bonds. The molecule has 2 N–H and O–H groups in total. The van der Waals surface area contributed by atoms with Crippen LogP contribution in [-0.4, -0.2) is 31.3 Å². The third kappa shape index (κ3) is 4.73. The molecule has 0 radical (unpaired) electrons. The van der Waals surface area contributed by atoms with Crippen molar-refractivity contribution >= 4 is 37.7 Å². The van der Waals surface area contributed by atoms with Crippen LogP contribution in [-0.2, 0) is 19.6 Å². The molecular weight excluding hydrogens is 338 g/mol. The Kier molecular flexibility index (Phi) is 5.21. The van der Waals surface area contributed by atoms with Gasteiger partial charge in [0.2, 0.25) is 10.0 Å². The van der Waals surface area contributed by atoms with Gasteiger partial charge >= 0.3 is 5.97 Å². The maximum absolute atomic E-state index is 11.9. The van der Waals surface area contributed by atoms with Crippen molar-refractivity contribution in [3.63, 3.8) is 0 Å². The Hall–Kier alpha value is -1.25. The van der Waals surface area contributed by atoms with E-state index in [0.717, 1.165) is 0 Å². The third-order valence-corrected chi connectivity index (χ3v) is 4.23. The zero-order chi connectivity index (χ0) is 14.6. The van der Waals surface area contributed by atoms with Crippen molar-refractivity contribution in [1.82, 2.24) is 4.72 Å². The minimum Gasteiger partial charge on any atom is -0.480 e. The Morgan fingerprint density at radius 1 is 1.32 bits per heavy atom. The average Bonchev–Trinajstić information content (AvgIpc) is 2.27. The van der Waals surface area contributed by atoms with Crippen LogP contribution in [0.15, 0.2) is 33.6 Å². The van der Waals surface area contributed by atoms with Crippen LogP contribution in [0.1, 0.15) is 13.3 Å². The van der Waals surface area contributed by atoms with Gasteiger partial charge < -0.3 is 5.11 Å². The van der Waals surface area contributed by atoms with Gasteiger partial charge in [-0.05, 0) is 31.2 Å². The molecule has 1 rings (SSSR count). The second kappa shape index (κ2) is 6.27. The molecule has 0 bridgehead atoms. The number of hydrogen-bond acceptors (Lipinski definition) is 4. The average molecular weight is 350 g/mol. The highest BCUT2D eigenvalue weighted by atomic mass is 79.9. The van der Waals surface area contributed by atoms with Gasteiger partial charge in [-0.2, -0.15) is 4.72 Å². The van der Waals surface area contributed by atoms with E-state index >= 15 is 0 Å². The summed E-state index contributed by atoms with van der Waals surface area (Å²) < 4.78 is 26.6. The molecule has 0 fully saturated rings. The first-order chi connectivity index (χ1) is 8.72. The molecule has 0 aliphatic carbocycles. The lowest BCUT2D eigenvalue weighted by molar-refractivity contribution is -0.140. The minimum atomic E-state index is -3.97. The van der Waals surface area contributed by atoms with Crippen LogP contribution in [0.25, 0.3) is 0 Å². The molecule has 0 aromatic heterocycles. The number of hydrogen-bond donors (Lipinski definition) is 2. The molecule has 1 aromatic carbocycles. The summed E-state index contributed by atoms with van der Waals surface area (Å²) in [5.74, 6) is -1.80. The maximum Gasteiger partial charge on any atom is 0.322 e. The van der Waals surface area contributed by atoms with Gasteiger partial charge in [-0.3, -0.25) is 9.59 Å². The van der Waals surface area contributed by atoms with Crippen molar-refractivity contribution in [3.05, 3.63) is 28.7 Å². The van der Waals surface area contributed by atoms with Gasteiger partial charge in [-0.15, -0.1) is 0 Å². The number of nitrogens with one attached hydrogen (secondary N) is 1. The highest BCUT2D eigenvalue weighted by Crippen LogP contribution is 2.15. The molecule has 0 aliphatic rings. The molecule has 8 heteroatoms. The van der Waals surface area contributed by atoms with Gasteiger partial charge in [0.15, 0.2) is 0 Å². The Morgan fingerprint density at radius 3 is 2.26 bits per heavy atom. The zero-order valence-corrected chi connectivity index (χ0v) is 12.4. The van der Waals surface area contributed by atoms with E-state index in [1.54, 1.807) is 0 Å². The predicted molar refractivity (Wildman–Crippen MR) is 71.2 cm³/mol. The normalized spacial score (nSPS) is 12.9. The van der Waals surface area contributed by atoms with E-state index in [4.69, 9.17) is 5.11 Å². The van der Waals surface area contributed by atoms with Crippen LogP contribution in [0.4, 0.5) is 0 Å². The highest BCUT2D eigenvalue weighted by Gasteiger charge is 2.26. The van der Waals surface area contributed by atoms with Crippen LogP contribution in [0.3, 0.4) is 0 Å². The number of carboxylic acids is 1. The number of carbonyl (C=O) groups excluding carboxylic acids is 1. The van der Waals surface area contributed by atoms with Crippen molar-refractivity contribution in [2.75, 3.05) is 0 Å². The lowest BCUT2D eigenvalue weighted by atomic mass is 10.2. The molecule has 19 heavy (non-hydrogen) atoms. The lowest BCUT2D eigenvalue weighted by Gasteiger charge is -2.13. The maximum atomic E-state index is 11.9. The number of Topliss-reactive ketones (excluding diaryl/α,β-unsaturated/α-hetero) is 1. The van der Waals surface area contributed by atoms with Gasteiger partial charge in [0.05, 0.1) is 4.90 Å². The van der Waals surface area contributed by atoms with E-state index in [1.165, 1.54) is 31.2 Å². The summed E-state index contributed by atoms with van der Waals surface area (Å²) in [6.07, 6.45) is -0.398. The van der Waals surface area contributed by atoms with Crippen LogP contribution in [0, 0.1) is 0 Å². The summed E-state index contributed by atoms with van der Waals surface area (Å²) >= 11 is 3.16. The fourth-order valence-electron chi connectivity index (χ4n) is 1.34. The Balaban J connectivity index is 2.97. The first-order valence-electron chi connectivity index (χ1n) is 5.22. The smallest absolute Gasteiger partial charge is 0.322 e. The van der Waals surface area contributed by atoms with Crippen molar-refractivity contribution in [1.29, 1.82) is 0 Å². The van der Waals surface area contributed by atoms with Crippen LogP contribution in [0.2, 0.25) is 0 Å². The van der Waals surface area contributed by atoms with E-state index < -0.39 is 34.2 Å². The number of halogens is 1. The molecule has 104 valence electrons. The number of ketones is 1. The SMILES string of the molecule is CC(=O)CC(NS(=O)(=O)c1ccc(Br)cc1)C(=O)O. The second-order valence-corrected chi connectivity index (χ2v) is 6.50. The van der Waals surface area contributed by atoms with Gasteiger partial charge in [-0.25, -0.2) is 8.42 Å². The zero-order valence-electron chi connectivity index (χ0n) is 9.96. The summed E-state index contributed by atoms with van der Waals surface area (Å²) in [5, 5.41) is 8.89. The molecule has 1 aromatic rings. The van der Waals surface area contributed by atoms with Crippen molar-refractivity contribution in [2.45, 2.75) is 24.3 Å². The van der Waals surface area contributed by atoms with Crippen LogP contribution >= 0.6 is 15.9 Å². The standard InChI is InChI=1S/C11H12BrNO5S/c1-7(14)6-10(11(15)16)13-19(17,18)9-4-2-8(12)3-5-9/h2-5,10,13H,6H2,1H3,(H,15,16). The van der Waals surface area contributed by atoms with E-state index in [1.807, 2.05) is 4.72 Å². The van der Waals surface area contributed by atoms with Crippen molar-refractivity contribution < 1.29 is 23.1 Å². The van der Waals surface area contributed by atoms with Gasteiger partial charge in [0.25, 0.3) is 0 Å². The first kappa shape index (κ1) is 15.8. The largest absolute Gasteiger partial charge is 0.480 e. The van der Waals surface area contributed by atoms with E-state index in [-0.39, 0.29) is 4.90 Å². The Morgan fingerprint density at radius 2 is 1.84 bits per heavy atom. The molecule has 0 heterocycles. The molecule has 0 saturated carbocycles. The van der Waals surface area contributed by atoms with E-state index in [0.29, 0.717) is 4.47 Å². The molecule has 0 saturated heterocycles. The monoisotopic (exact) mass is 349 g/mol. The fraction of sp³-hybridized carbons (Fsp3) is 0.273. The number of sulfonamides is 1. The molecule has 6 nitrogen and oxygen atoms in total.